The van der Waals surface area contributed by atoms with Crippen LogP contribution in [0.4, 0.5) is 4.79 Å². The number of rotatable bonds is 3. The quantitative estimate of drug-likeness (QED) is 0.801. The van der Waals surface area contributed by atoms with Crippen molar-refractivity contribution >= 4 is 17.4 Å². The zero-order valence-corrected chi connectivity index (χ0v) is 13.9. The van der Waals surface area contributed by atoms with Gasteiger partial charge in [0.25, 0.3) is 0 Å². The predicted molar refractivity (Wildman–Crippen MR) is 84.3 cm³/mol. The van der Waals surface area contributed by atoms with Crippen molar-refractivity contribution in [2.75, 3.05) is 13.2 Å². The molecule has 0 spiro atoms. The topological polar surface area (TPSA) is 84.6 Å². The average Bonchev–Trinajstić information content (AvgIpc) is 3.33. The standard InChI is InChI=1S/C10H11N3O2S.C2H2N2O.C2H6/c1-2-3-15-13-8-5-12(10(13)14)4-7-9(8)16-6-11-7;1-3-2-5-4-1;1-2/h2,6,8H,1,3-5H2;1-2H;1-2H3/t8-;;/m0../s1. The number of nitrogens with zero attached hydrogens (tertiary/aromatic N) is 5. The summed E-state index contributed by atoms with van der Waals surface area (Å²) in [6.07, 6.45) is 4.23. The van der Waals surface area contributed by atoms with E-state index in [2.05, 4.69) is 26.2 Å². The largest absolute Gasteiger partial charge is 0.345 e. The van der Waals surface area contributed by atoms with Crippen LogP contribution in [0.2, 0.25) is 0 Å². The molecule has 0 unspecified atom stereocenters. The third-order valence-electron chi connectivity index (χ3n) is 3.07. The van der Waals surface area contributed by atoms with Crippen molar-refractivity contribution in [3.63, 3.8) is 0 Å². The van der Waals surface area contributed by atoms with Gasteiger partial charge in [0, 0.05) is 0 Å². The minimum absolute atomic E-state index is 0.00343. The fraction of sp³-hybridized carbons (Fsp3) is 0.429. The maximum Gasteiger partial charge on any atom is 0.345 e. The number of amides is 2. The number of aromatic nitrogens is 3. The molecule has 0 saturated carbocycles. The maximum absolute atomic E-state index is 11.9. The number of hydrogen-bond acceptors (Lipinski definition) is 7. The number of fused-ring (bicyclic) bond motifs is 4. The van der Waals surface area contributed by atoms with Crippen molar-refractivity contribution in [1.82, 2.24) is 25.1 Å². The van der Waals surface area contributed by atoms with Crippen LogP contribution in [-0.2, 0) is 11.4 Å². The first kappa shape index (κ1) is 17.1. The van der Waals surface area contributed by atoms with Crippen molar-refractivity contribution in [3.05, 3.63) is 41.5 Å². The number of carbonyl (C=O) groups is 1. The molecule has 2 aliphatic rings. The first-order valence-electron chi connectivity index (χ1n) is 7.24. The Balaban J connectivity index is 0.000000232. The Morgan fingerprint density at radius 3 is 3.00 bits per heavy atom. The molecule has 124 valence electrons. The van der Waals surface area contributed by atoms with Crippen molar-refractivity contribution in [2.45, 2.75) is 26.4 Å². The molecule has 8 nitrogen and oxygen atoms in total. The van der Waals surface area contributed by atoms with Gasteiger partial charge in [-0.05, 0) is 0 Å². The Hall–Kier alpha value is -2.26. The Kier molecular flexibility index (Phi) is 6.24. The highest BCUT2D eigenvalue weighted by molar-refractivity contribution is 7.09. The van der Waals surface area contributed by atoms with Gasteiger partial charge in [0.15, 0.2) is 6.33 Å². The van der Waals surface area contributed by atoms with Gasteiger partial charge in [-0.2, -0.15) is 5.06 Å². The van der Waals surface area contributed by atoms with Crippen LogP contribution in [0.25, 0.3) is 0 Å². The lowest BCUT2D eigenvalue weighted by Crippen LogP contribution is -2.30. The normalized spacial score (nSPS) is 17.7. The molecule has 2 aliphatic heterocycles. The fourth-order valence-electron chi connectivity index (χ4n) is 2.22. The highest BCUT2D eigenvalue weighted by Crippen LogP contribution is 2.39. The molecule has 1 atom stereocenters. The molecular formula is C14H19N5O3S. The Morgan fingerprint density at radius 2 is 2.39 bits per heavy atom. The van der Waals surface area contributed by atoms with Gasteiger partial charge < -0.3 is 9.42 Å². The number of hydrogen-bond donors (Lipinski definition) is 0. The fourth-order valence-corrected chi connectivity index (χ4v) is 3.09. The van der Waals surface area contributed by atoms with E-state index in [4.69, 9.17) is 4.84 Å². The average molecular weight is 337 g/mol. The molecule has 9 heteroatoms. The minimum Gasteiger partial charge on any atom is -0.343 e. The minimum atomic E-state index is -0.0722. The molecule has 0 aromatic carbocycles. The first-order chi connectivity index (χ1) is 11.3. The summed E-state index contributed by atoms with van der Waals surface area (Å²) < 4.78 is 4.22. The van der Waals surface area contributed by atoms with Gasteiger partial charge in [-0.1, -0.05) is 25.1 Å². The zero-order chi connectivity index (χ0) is 16.7. The number of carbonyl (C=O) groups excluding carboxylic acids is 1. The second-order valence-electron chi connectivity index (χ2n) is 4.33. The molecule has 4 rings (SSSR count). The highest BCUT2D eigenvalue weighted by atomic mass is 32.1. The van der Waals surface area contributed by atoms with E-state index < -0.39 is 0 Å². The van der Waals surface area contributed by atoms with Gasteiger partial charge in [-0.15, -0.1) is 17.9 Å². The first-order valence-corrected chi connectivity index (χ1v) is 8.12. The van der Waals surface area contributed by atoms with Crippen molar-refractivity contribution in [3.8, 4) is 0 Å². The van der Waals surface area contributed by atoms with Gasteiger partial charge in [0.1, 0.15) is 6.04 Å². The Labute approximate surface area is 138 Å². The summed E-state index contributed by atoms with van der Waals surface area (Å²) in [5, 5.41) is 4.69. The smallest absolute Gasteiger partial charge is 0.343 e. The molecule has 0 N–H and O–H groups in total. The van der Waals surface area contributed by atoms with E-state index in [1.807, 2.05) is 19.4 Å². The van der Waals surface area contributed by atoms with E-state index in [1.165, 1.54) is 17.8 Å². The Bertz CT molecular complexity index is 599. The summed E-state index contributed by atoms with van der Waals surface area (Å²) in [7, 11) is 0. The van der Waals surface area contributed by atoms with Gasteiger partial charge in [0.05, 0.1) is 35.8 Å². The van der Waals surface area contributed by atoms with Gasteiger partial charge in [0.2, 0.25) is 6.39 Å². The molecule has 1 fully saturated rings. The summed E-state index contributed by atoms with van der Waals surface area (Å²) in [4.78, 5) is 28.0. The predicted octanol–water partition coefficient (Wildman–Crippen LogP) is 2.65. The summed E-state index contributed by atoms with van der Waals surface area (Å²) in [5.41, 5.74) is 2.82. The van der Waals surface area contributed by atoms with Gasteiger partial charge in [-0.25, -0.2) is 14.8 Å². The SMILES string of the molecule is C=CCON1C(=O)N2Cc3ncsc3[C@@H]1C2.CC.c1ncon1. The van der Waals surface area contributed by atoms with Crippen molar-refractivity contribution < 1.29 is 14.2 Å². The molecule has 1 saturated heterocycles. The van der Waals surface area contributed by atoms with Crippen LogP contribution in [0.1, 0.15) is 30.5 Å². The lowest BCUT2D eigenvalue weighted by Gasteiger charge is -2.21. The van der Waals surface area contributed by atoms with Gasteiger partial charge >= 0.3 is 6.03 Å². The molecule has 4 heterocycles. The summed E-state index contributed by atoms with van der Waals surface area (Å²) in [5.74, 6) is 0. The van der Waals surface area contributed by atoms with E-state index in [0.717, 1.165) is 10.6 Å². The van der Waals surface area contributed by atoms with Gasteiger partial charge in [-0.3, -0.25) is 4.84 Å². The number of hydroxylamine groups is 2. The third-order valence-corrected chi connectivity index (χ3v) is 4.04. The van der Waals surface area contributed by atoms with E-state index in [1.54, 1.807) is 22.3 Å². The monoisotopic (exact) mass is 337 g/mol. The van der Waals surface area contributed by atoms with E-state index in [9.17, 15) is 4.79 Å². The third kappa shape index (κ3) is 3.74. The lowest BCUT2D eigenvalue weighted by atomic mass is 10.1. The van der Waals surface area contributed by atoms with E-state index >= 15 is 0 Å². The zero-order valence-electron chi connectivity index (χ0n) is 13.1. The van der Waals surface area contributed by atoms with E-state index in [0.29, 0.717) is 19.7 Å². The highest BCUT2D eigenvalue weighted by Gasteiger charge is 2.45. The maximum atomic E-state index is 11.9. The molecule has 2 aromatic heterocycles. The second-order valence-corrected chi connectivity index (χ2v) is 5.22. The van der Waals surface area contributed by atoms with Crippen molar-refractivity contribution in [2.24, 2.45) is 0 Å². The Morgan fingerprint density at radius 1 is 1.57 bits per heavy atom. The number of urea groups is 1. The molecule has 0 radical (unpaired) electrons. The van der Waals surface area contributed by atoms with Crippen LogP contribution in [0, 0.1) is 0 Å². The second kappa shape index (κ2) is 8.39. The van der Waals surface area contributed by atoms with Crippen LogP contribution in [0.15, 0.2) is 35.4 Å². The number of thiazole rings is 1. The molecule has 0 aliphatic carbocycles. The lowest BCUT2D eigenvalue weighted by molar-refractivity contribution is -0.118. The molecule has 2 amide bonds. The molecule has 2 bridgehead atoms. The summed E-state index contributed by atoms with van der Waals surface area (Å²) >= 11 is 1.59. The van der Waals surface area contributed by atoms with Crippen molar-refractivity contribution in [1.29, 1.82) is 0 Å². The van der Waals surface area contributed by atoms with Crippen LogP contribution in [0.5, 0.6) is 0 Å². The van der Waals surface area contributed by atoms with Crippen LogP contribution in [-0.4, -0.2) is 44.3 Å². The van der Waals surface area contributed by atoms with Crippen LogP contribution in [0.3, 0.4) is 0 Å². The molecular weight excluding hydrogens is 318 g/mol. The van der Waals surface area contributed by atoms with E-state index in [-0.39, 0.29) is 12.1 Å². The van der Waals surface area contributed by atoms with Crippen LogP contribution >= 0.6 is 11.3 Å². The summed E-state index contributed by atoms with van der Waals surface area (Å²) in [6, 6.07) is -0.0687. The molecule has 23 heavy (non-hydrogen) atoms. The molecule has 2 aromatic rings. The summed E-state index contributed by atoms with van der Waals surface area (Å²) in [6.45, 7) is 9.23. The van der Waals surface area contributed by atoms with Crippen LogP contribution < -0.4 is 0 Å².